The van der Waals surface area contributed by atoms with Gasteiger partial charge in [0.05, 0.1) is 5.69 Å². The number of rotatable bonds is 6. The minimum Gasteiger partial charge on any atom is -0.310 e. The van der Waals surface area contributed by atoms with Crippen LogP contribution in [0.15, 0.2) is 16.3 Å². The van der Waals surface area contributed by atoms with E-state index >= 15 is 0 Å². The molecule has 2 aromatic heterocycles. The maximum atomic E-state index is 12.4. The zero-order valence-electron chi connectivity index (χ0n) is 12.4. The summed E-state index contributed by atoms with van der Waals surface area (Å²) in [6, 6.07) is 2.10. The van der Waals surface area contributed by atoms with Crippen LogP contribution in [-0.4, -0.2) is 19.4 Å². The Hall–Kier alpha value is -0.960. The molecular formula is C13H19N3O2S3. The van der Waals surface area contributed by atoms with Crippen LogP contribution in [0.5, 0.6) is 0 Å². The predicted molar refractivity (Wildman–Crippen MR) is 88.7 cm³/mol. The lowest BCUT2D eigenvalue weighted by atomic mass is 10.3. The van der Waals surface area contributed by atoms with Crippen LogP contribution in [0.4, 0.5) is 5.13 Å². The van der Waals surface area contributed by atoms with Gasteiger partial charge in [0, 0.05) is 27.7 Å². The molecule has 0 aliphatic rings. The lowest BCUT2D eigenvalue weighted by Gasteiger charge is -2.05. The Morgan fingerprint density at radius 1 is 1.33 bits per heavy atom. The van der Waals surface area contributed by atoms with E-state index in [1.165, 1.54) is 22.7 Å². The van der Waals surface area contributed by atoms with Gasteiger partial charge in [-0.15, -0.1) is 22.7 Å². The Balaban J connectivity index is 2.19. The maximum absolute atomic E-state index is 12.4. The first-order valence-corrected chi connectivity index (χ1v) is 9.73. The van der Waals surface area contributed by atoms with Crippen LogP contribution in [0.25, 0.3) is 0 Å². The molecule has 0 saturated heterocycles. The van der Waals surface area contributed by atoms with Gasteiger partial charge in [0.25, 0.3) is 10.0 Å². The van der Waals surface area contributed by atoms with Crippen LogP contribution >= 0.6 is 22.7 Å². The summed E-state index contributed by atoms with van der Waals surface area (Å²) in [7, 11) is -3.57. The third kappa shape index (κ3) is 4.26. The normalized spacial score (nSPS) is 12.0. The van der Waals surface area contributed by atoms with Gasteiger partial charge >= 0.3 is 0 Å². The van der Waals surface area contributed by atoms with E-state index in [4.69, 9.17) is 0 Å². The SMILES string of the molecule is Cc1csc(NS(=O)(=O)c2cc(CNC(C)C)sc2C)n1. The van der Waals surface area contributed by atoms with Crippen LogP contribution in [0.1, 0.15) is 29.3 Å². The number of nitrogens with zero attached hydrogens (tertiary/aromatic N) is 1. The van der Waals surface area contributed by atoms with Crippen molar-refractivity contribution in [2.45, 2.75) is 45.2 Å². The minimum atomic E-state index is -3.57. The number of thiophene rings is 1. The van der Waals surface area contributed by atoms with Crippen molar-refractivity contribution in [1.82, 2.24) is 10.3 Å². The van der Waals surface area contributed by atoms with E-state index in [0.717, 1.165) is 15.4 Å². The van der Waals surface area contributed by atoms with Gasteiger partial charge in [-0.1, -0.05) is 13.8 Å². The molecule has 0 saturated carbocycles. The Kier molecular flexibility index (Phi) is 5.03. The summed E-state index contributed by atoms with van der Waals surface area (Å²) in [6.07, 6.45) is 0. The number of nitrogens with one attached hydrogen (secondary N) is 2. The molecule has 0 amide bonds. The molecule has 0 spiro atoms. The zero-order chi connectivity index (χ0) is 15.6. The van der Waals surface area contributed by atoms with Gasteiger partial charge in [-0.3, -0.25) is 4.72 Å². The highest BCUT2D eigenvalue weighted by Crippen LogP contribution is 2.28. The first kappa shape index (κ1) is 16.4. The number of hydrogen-bond donors (Lipinski definition) is 2. The van der Waals surface area contributed by atoms with Crippen molar-refractivity contribution in [2.24, 2.45) is 0 Å². The average molecular weight is 346 g/mol. The van der Waals surface area contributed by atoms with Crippen molar-refractivity contribution in [1.29, 1.82) is 0 Å². The molecule has 0 aliphatic heterocycles. The smallest absolute Gasteiger partial charge is 0.264 e. The summed E-state index contributed by atoms with van der Waals surface area (Å²) in [5.41, 5.74) is 0.807. The Bertz CT molecular complexity index is 717. The fourth-order valence-corrected chi connectivity index (χ4v) is 5.28. The van der Waals surface area contributed by atoms with Gasteiger partial charge in [-0.2, -0.15) is 0 Å². The fraction of sp³-hybridized carbons (Fsp3) is 0.462. The van der Waals surface area contributed by atoms with E-state index in [2.05, 4.69) is 28.9 Å². The van der Waals surface area contributed by atoms with Crippen molar-refractivity contribution in [2.75, 3.05) is 4.72 Å². The van der Waals surface area contributed by atoms with Crippen molar-refractivity contribution >= 4 is 37.8 Å². The topological polar surface area (TPSA) is 71.1 Å². The summed E-state index contributed by atoms with van der Waals surface area (Å²) in [5.74, 6) is 0. The van der Waals surface area contributed by atoms with Crippen molar-refractivity contribution in [3.63, 3.8) is 0 Å². The number of aromatic nitrogens is 1. The monoisotopic (exact) mass is 345 g/mol. The first-order valence-electron chi connectivity index (χ1n) is 6.55. The molecule has 2 N–H and O–H groups in total. The number of hydrogen-bond acceptors (Lipinski definition) is 6. The summed E-state index contributed by atoms with van der Waals surface area (Å²) >= 11 is 2.79. The highest BCUT2D eigenvalue weighted by atomic mass is 32.2. The molecule has 0 bridgehead atoms. The molecule has 0 aromatic carbocycles. The molecule has 0 atom stereocenters. The number of anilines is 1. The van der Waals surface area contributed by atoms with E-state index in [1.54, 1.807) is 6.07 Å². The molecule has 21 heavy (non-hydrogen) atoms. The van der Waals surface area contributed by atoms with Gasteiger partial charge in [0.1, 0.15) is 4.90 Å². The van der Waals surface area contributed by atoms with Gasteiger partial charge in [0.2, 0.25) is 0 Å². The van der Waals surface area contributed by atoms with Crippen molar-refractivity contribution in [3.8, 4) is 0 Å². The third-order valence-corrected chi connectivity index (χ3v) is 6.39. The van der Waals surface area contributed by atoms with Crippen LogP contribution in [-0.2, 0) is 16.6 Å². The van der Waals surface area contributed by atoms with Gasteiger partial charge in [-0.25, -0.2) is 13.4 Å². The van der Waals surface area contributed by atoms with E-state index in [9.17, 15) is 8.42 Å². The standard InChI is InChI=1S/C13H19N3O2S3/c1-8(2)14-6-11-5-12(10(4)20-11)21(17,18)16-13-15-9(3)7-19-13/h5,7-8,14H,6H2,1-4H3,(H,15,16). The van der Waals surface area contributed by atoms with Gasteiger partial charge < -0.3 is 5.32 Å². The third-order valence-electron chi connectivity index (χ3n) is 2.74. The van der Waals surface area contributed by atoms with Crippen LogP contribution in [0.3, 0.4) is 0 Å². The predicted octanol–water partition coefficient (Wildman–Crippen LogP) is 3.12. The summed E-state index contributed by atoms with van der Waals surface area (Å²) in [5, 5.41) is 5.51. The van der Waals surface area contributed by atoms with Crippen LogP contribution in [0, 0.1) is 13.8 Å². The first-order chi connectivity index (χ1) is 9.78. The quantitative estimate of drug-likeness (QED) is 0.844. The number of thiazole rings is 1. The maximum Gasteiger partial charge on any atom is 0.264 e. The second-order valence-electron chi connectivity index (χ2n) is 5.07. The molecule has 0 radical (unpaired) electrons. The largest absolute Gasteiger partial charge is 0.310 e. The molecule has 0 unspecified atom stereocenters. The fourth-order valence-electron chi connectivity index (χ4n) is 1.75. The summed E-state index contributed by atoms with van der Waals surface area (Å²) in [4.78, 5) is 6.27. The Morgan fingerprint density at radius 2 is 2.05 bits per heavy atom. The average Bonchev–Trinajstić information content (AvgIpc) is 2.93. The number of sulfonamides is 1. The summed E-state index contributed by atoms with van der Waals surface area (Å²) in [6.45, 7) is 8.45. The highest BCUT2D eigenvalue weighted by molar-refractivity contribution is 7.93. The molecule has 2 heterocycles. The minimum absolute atomic E-state index is 0.334. The summed E-state index contributed by atoms with van der Waals surface area (Å²) < 4.78 is 27.4. The van der Waals surface area contributed by atoms with Crippen molar-refractivity contribution in [3.05, 3.63) is 26.9 Å². The van der Waals surface area contributed by atoms with Crippen LogP contribution < -0.4 is 10.0 Å². The molecule has 2 aromatic rings. The second-order valence-corrected chi connectivity index (χ2v) is 8.92. The number of aryl methyl sites for hydroxylation is 2. The Labute approximate surface area is 133 Å². The van der Waals surface area contributed by atoms with E-state index in [1.807, 2.05) is 19.2 Å². The Morgan fingerprint density at radius 3 is 2.62 bits per heavy atom. The lowest BCUT2D eigenvalue weighted by molar-refractivity contribution is 0.592. The second kappa shape index (κ2) is 6.43. The molecule has 116 valence electrons. The molecular weight excluding hydrogens is 326 g/mol. The highest BCUT2D eigenvalue weighted by Gasteiger charge is 2.21. The van der Waals surface area contributed by atoms with Crippen LogP contribution in [0.2, 0.25) is 0 Å². The zero-order valence-corrected chi connectivity index (χ0v) is 14.9. The van der Waals surface area contributed by atoms with E-state index in [-0.39, 0.29) is 0 Å². The molecule has 5 nitrogen and oxygen atoms in total. The molecule has 8 heteroatoms. The van der Waals surface area contributed by atoms with Crippen molar-refractivity contribution < 1.29 is 8.42 Å². The van der Waals surface area contributed by atoms with Gasteiger partial charge in [0.15, 0.2) is 5.13 Å². The molecule has 0 aliphatic carbocycles. The van der Waals surface area contributed by atoms with E-state index in [0.29, 0.717) is 22.6 Å². The lowest BCUT2D eigenvalue weighted by Crippen LogP contribution is -2.21. The molecule has 2 rings (SSSR count). The molecule has 0 fully saturated rings. The van der Waals surface area contributed by atoms with Gasteiger partial charge in [-0.05, 0) is 19.9 Å². The van der Waals surface area contributed by atoms with E-state index < -0.39 is 10.0 Å².